The van der Waals surface area contributed by atoms with Crippen molar-refractivity contribution in [3.05, 3.63) is 59.6 Å². The zero-order valence-corrected chi connectivity index (χ0v) is 16.9. The number of carbonyl (C=O) groups excluding carboxylic acids is 2. The molecule has 0 unspecified atom stereocenters. The number of alkyl halides is 3. The average molecular weight is 417 g/mol. The quantitative estimate of drug-likeness (QED) is 0.730. The fraction of sp³-hybridized carbons (Fsp3) is 0.364. The Bertz CT molecular complexity index is 1070. The van der Waals surface area contributed by atoms with Gasteiger partial charge in [-0.3, -0.25) is 14.5 Å². The zero-order valence-electron chi connectivity index (χ0n) is 16.9. The molecule has 0 fully saturated rings. The molecule has 30 heavy (non-hydrogen) atoms. The number of allylic oxidation sites excluding steroid dienone is 1. The third kappa shape index (κ3) is 3.30. The minimum absolute atomic E-state index is 0.0889. The van der Waals surface area contributed by atoms with Gasteiger partial charge in [-0.15, -0.1) is 0 Å². The van der Waals surface area contributed by atoms with Crippen molar-refractivity contribution in [1.82, 2.24) is 4.57 Å². The number of carbonyl (C=O) groups is 2. The van der Waals surface area contributed by atoms with Crippen LogP contribution in [0.15, 0.2) is 53.9 Å². The highest BCUT2D eigenvalue weighted by Crippen LogP contribution is 2.49. The summed E-state index contributed by atoms with van der Waals surface area (Å²) in [7, 11) is 1.69. The maximum atomic E-state index is 13.7. The number of aryl methyl sites for hydroxylation is 1. The molecule has 2 aromatic rings. The van der Waals surface area contributed by atoms with E-state index in [-0.39, 0.29) is 28.9 Å². The summed E-state index contributed by atoms with van der Waals surface area (Å²) in [5.41, 5.74) is 1.32. The van der Waals surface area contributed by atoms with Crippen LogP contribution in [0.3, 0.4) is 0 Å². The van der Waals surface area contributed by atoms with Crippen molar-refractivity contribution in [2.24, 2.45) is 12.5 Å². The number of aromatic nitrogens is 1. The Kier molecular flexibility index (Phi) is 4.56. The Labute approximate surface area is 172 Å². The van der Waals surface area contributed by atoms with Crippen molar-refractivity contribution >= 4 is 23.1 Å². The SMILES string of the molecule is Cn1cccc1[C@H]1C2=C(CC(C)(C)CC2=O)Nc2ccccc2N1C(=O)C(F)(F)F. The average Bonchev–Trinajstić information content (AvgIpc) is 2.98. The molecule has 0 bridgehead atoms. The number of amides is 1. The largest absolute Gasteiger partial charge is 0.471 e. The molecular weight excluding hydrogens is 395 g/mol. The highest BCUT2D eigenvalue weighted by Gasteiger charge is 2.50. The molecule has 1 aromatic heterocycles. The van der Waals surface area contributed by atoms with Gasteiger partial charge in [-0.1, -0.05) is 26.0 Å². The van der Waals surface area contributed by atoms with Crippen molar-refractivity contribution in [3.8, 4) is 0 Å². The predicted molar refractivity (Wildman–Crippen MR) is 107 cm³/mol. The van der Waals surface area contributed by atoms with Crippen LogP contribution in [0, 0.1) is 5.41 Å². The molecule has 2 heterocycles. The number of para-hydroxylation sites is 2. The van der Waals surface area contributed by atoms with Crippen LogP contribution < -0.4 is 10.2 Å². The number of rotatable bonds is 1. The fourth-order valence-corrected chi connectivity index (χ4v) is 4.39. The molecule has 5 nitrogen and oxygen atoms in total. The van der Waals surface area contributed by atoms with Gasteiger partial charge in [0.25, 0.3) is 0 Å². The van der Waals surface area contributed by atoms with Gasteiger partial charge in [-0.2, -0.15) is 13.2 Å². The Morgan fingerprint density at radius 3 is 2.47 bits per heavy atom. The number of benzene rings is 1. The Morgan fingerprint density at radius 1 is 1.13 bits per heavy atom. The van der Waals surface area contributed by atoms with Crippen LogP contribution in [-0.2, 0) is 16.6 Å². The third-order valence-corrected chi connectivity index (χ3v) is 5.63. The van der Waals surface area contributed by atoms with Gasteiger partial charge >= 0.3 is 12.1 Å². The highest BCUT2D eigenvalue weighted by molar-refractivity contribution is 6.07. The molecule has 1 aliphatic heterocycles. The fourth-order valence-electron chi connectivity index (χ4n) is 4.39. The second-order valence-electron chi connectivity index (χ2n) is 8.59. The number of nitrogens with zero attached hydrogens (tertiary/aromatic N) is 2. The van der Waals surface area contributed by atoms with Gasteiger partial charge in [-0.05, 0) is 36.1 Å². The summed E-state index contributed by atoms with van der Waals surface area (Å²) in [6.45, 7) is 3.90. The normalized spacial score (nSPS) is 20.9. The number of fused-ring (bicyclic) bond motifs is 1. The molecule has 0 saturated carbocycles. The maximum Gasteiger partial charge on any atom is 0.471 e. The van der Waals surface area contributed by atoms with Crippen LogP contribution in [0.25, 0.3) is 0 Å². The number of ketones is 1. The van der Waals surface area contributed by atoms with Crippen LogP contribution in [0.5, 0.6) is 0 Å². The van der Waals surface area contributed by atoms with E-state index in [9.17, 15) is 22.8 Å². The van der Waals surface area contributed by atoms with Crippen LogP contribution in [0.2, 0.25) is 0 Å². The van der Waals surface area contributed by atoms with E-state index in [0.717, 1.165) is 4.90 Å². The predicted octanol–water partition coefficient (Wildman–Crippen LogP) is 4.73. The van der Waals surface area contributed by atoms with E-state index in [0.29, 0.717) is 23.5 Å². The number of halogens is 3. The maximum absolute atomic E-state index is 13.7. The Hall–Kier alpha value is -3.03. The van der Waals surface area contributed by atoms with Crippen LogP contribution in [0.4, 0.5) is 24.5 Å². The molecule has 0 saturated heterocycles. The lowest BCUT2D eigenvalue weighted by molar-refractivity contribution is -0.170. The number of hydrogen-bond donors (Lipinski definition) is 1. The molecule has 0 radical (unpaired) electrons. The van der Waals surface area contributed by atoms with E-state index in [4.69, 9.17) is 0 Å². The molecule has 1 aromatic carbocycles. The minimum atomic E-state index is -5.10. The molecule has 1 atom stereocenters. The van der Waals surface area contributed by atoms with Gasteiger partial charge in [0.05, 0.1) is 11.4 Å². The van der Waals surface area contributed by atoms with E-state index >= 15 is 0 Å². The molecular formula is C22H22F3N3O2. The summed E-state index contributed by atoms with van der Waals surface area (Å²) < 4.78 is 42.7. The lowest BCUT2D eigenvalue weighted by Gasteiger charge is -2.37. The van der Waals surface area contributed by atoms with E-state index in [1.165, 1.54) is 6.07 Å². The van der Waals surface area contributed by atoms with Crippen molar-refractivity contribution in [3.63, 3.8) is 0 Å². The molecule has 1 aliphatic carbocycles. The first-order valence-corrected chi connectivity index (χ1v) is 9.63. The number of anilines is 2. The summed E-state index contributed by atoms with van der Waals surface area (Å²) in [6.07, 6.45) is -2.73. The Morgan fingerprint density at radius 2 is 1.83 bits per heavy atom. The first kappa shape index (κ1) is 20.3. The summed E-state index contributed by atoms with van der Waals surface area (Å²) >= 11 is 0. The number of Topliss-reactive ketones (excluding diaryl/α,β-unsaturated/α-hetero) is 1. The van der Waals surface area contributed by atoms with E-state index in [1.807, 2.05) is 13.8 Å². The summed E-state index contributed by atoms with van der Waals surface area (Å²) in [6, 6.07) is 8.50. The standard InChI is InChI=1S/C22H22F3N3O2/c1-21(2)11-14-18(17(29)12-21)19(16-9-6-10-27(16)3)28(20(30)22(23,24)25)15-8-5-4-7-13(15)26-14/h4-10,19,26H,11-12H2,1-3H3/t19-/m0/s1. The van der Waals surface area contributed by atoms with Crippen molar-refractivity contribution in [1.29, 1.82) is 0 Å². The molecule has 4 rings (SSSR count). The summed E-state index contributed by atoms with van der Waals surface area (Å²) in [5.74, 6) is -2.26. The minimum Gasteiger partial charge on any atom is -0.357 e. The molecule has 158 valence electrons. The van der Waals surface area contributed by atoms with Gasteiger partial charge in [-0.25, -0.2) is 0 Å². The third-order valence-electron chi connectivity index (χ3n) is 5.63. The number of hydrogen-bond acceptors (Lipinski definition) is 3. The van der Waals surface area contributed by atoms with Gasteiger partial charge in [0, 0.05) is 36.6 Å². The molecule has 1 N–H and O–H groups in total. The topological polar surface area (TPSA) is 54.3 Å². The van der Waals surface area contributed by atoms with Gasteiger partial charge in [0.1, 0.15) is 6.04 Å². The molecule has 1 amide bonds. The molecule has 8 heteroatoms. The van der Waals surface area contributed by atoms with Crippen LogP contribution in [0.1, 0.15) is 38.4 Å². The first-order valence-electron chi connectivity index (χ1n) is 9.63. The van der Waals surface area contributed by atoms with Crippen LogP contribution >= 0.6 is 0 Å². The second kappa shape index (κ2) is 6.75. The van der Waals surface area contributed by atoms with Crippen molar-refractivity contribution in [2.45, 2.75) is 38.9 Å². The smallest absolute Gasteiger partial charge is 0.357 e. The van der Waals surface area contributed by atoms with Gasteiger partial charge in [0.2, 0.25) is 0 Å². The van der Waals surface area contributed by atoms with Crippen molar-refractivity contribution < 1.29 is 22.8 Å². The highest BCUT2D eigenvalue weighted by atomic mass is 19.4. The van der Waals surface area contributed by atoms with Crippen LogP contribution in [-0.4, -0.2) is 22.4 Å². The van der Waals surface area contributed by atoms with E-state index < -0.39 is 18.1 Å². The van der Waals surface area contributed by atoms with Crippen molar-refractivity contribution in [2.75, 3.05) is 10.2 Å². The summed E-state index contributed by atoms with van der Waals surface area (Å²) in [4.78, 5) is 26.7. The first-order chi connectivity index (χ1) is 14.0. The van der Waals surface area contributed by atoms with E-state index in [1.54, 1.807) is 48.1 Å². The molecule has 2 aliphatic rings. The van der Waals surface area contributed by atoms with Gasteiger partial charge < -0.3 is 9.88 Å². The lowest BCUT2D eigenvalue weighted by Crippen LogP contribution is -2.46. The number of nitrogens with one attached hydrogen (secondary N) is 1. The monoisotopic (exact) mass is 417 g/mol. The van der Waals surface area contributed by atoms with Gasteiger partial charge in [0.15, 0.2) is 5.78 Å². The summed E-state index contributed by atoms with van der Waals surface area (Å²) in [5, 5.41) is 3.18. The van der Waals surface area contributed by atoms with E-state index in [2.05, 4.69) is 5.32 Å². The lowest BCUT2D eigenvalue weighted by atomic mass is 9.73. The Balaban J connectivity index is 2.04. The zero-order chi connectivity index (χ0) is 21.8. The molecule has 0 spiro atoms. The second-order valence-corrected chi connectivity index (χ2v) is 8.59.